The Hall–Kier alpha value is 0.660. The van der Waals surface area contributed by atoms with Gasteiger partial charge >= 0.3 is 0 Å². The molecule has 1 aliphatic heterocycles. The largest absolute Gasteiger partial charge is 0.313 e. The number of nitrogens with one attached hydrogen (secondary N) is 1. The third kappa shape index (κ3) is 3.58. The van der Waals surface area contributed by atoms with Gasteiger partial charge in [-0.2, -0.15) is 23.5 Å². The van der Waals surface area contributed by atoms with Crippen LogP contribution in [-0.2, 0) is 0 Å². The first-order valence-electron chi connectivity index (χ1n) is 4.68. The third-order valence-corrected chi connectivity index (χ3v) is 4.33. The van der Waals surface area contributed by atoms with Crippen molar-refractivity contribution in [3.05, 3.63) is 0 Å². The minimum atomic E-state index is 0.789. The summed E-state index contributed by atoms with van der Waals surface area (Å²) in [5, 5.41) is 4.46. The van der Waals surface area contributed by atoms with Gasteiger partial charge in [-0.25, -0.2) is 0 Å². The topological polar surface area (TPSA) is 12.0 Å². The Kier molecular flexibility index (Phi) is 5.52. The van der Waals surface area contributed by atoms with E-state index in [4.69, 9.17) is 0 Å². The van der Waals surface area contributed by atoms with E-state index < -0.39 is 0 Å². The highest BCUT2D eigenvalue weighted by Gasteiger charge is 2.22. The molecule has 2 unspecified atom stereocenters. The first-order valence-corrected chi connectivity index (χ1v) is 7.13. The molecule has 0 aromatic carbocycles. The molecular formula is C9H19NS2. The quantitative estimate of drug-likeness (QED) is 0.691. The van der Waals surface area contributed by atoms with Crippen molar-refractivity contribution in [2.75, 3.05) is 24.3 Å². The van der Waals surface area contributed by atoms with E-state index in [1.165, 1.54) is 30.9 Å². The molecule has 0 radical (unpaired) electrons. The lowest BCUT2D eigenvalue weighted by atomic mass is 10.2. The van der Waals surface area contributed by atoms with Crippen LogP contribution in [0.5, 0.6) is 0 Å². The van der Waals surface area contributed by atoms with Gasteiger partial charge < -0.3 is 5.32 Å². The molecule has 0 aliphatic carbocycles. The lowest BCUT2D eigenvalue weighted by Crippen LogP contribution is -2.34. The highest BCUT2D eigenvalue weighted by atomic mass is 32.2. The summed E-state index contributed by atoms with van der Waals surface area (Å²) in [6.45, 7) is 3.54. The maximum absolute atomic E-state index is 3.63. The Morgan fingerprint density at radius 2 is 2.42 bits per heavy atom. The summed E-state index contributed by atoms with van der Waals surface area (Å²) in [6, 6.07) is 0.789. The molecule has 1 nitrogen and oxygen atoms in total. The average Bonchev–Trinajstić information content (AvgIpc) is 2.46. The van der Waals surface area contributed by atoms with Crippen molar-refractivity contribution in [2.24, 2.45) is 0 Å². The van der Waals surface area contributed by atoms with Crippen LogP contribution in [0.15, 0.2) is 0 Å². The fraction of sp³-hybridized carbons (Fsp3) is 1.00. The third-order valence-electron chi connectivity index (χ3n) is 2.31. The van der Waals surface area contributed by atoms with E-state index in [0.717, 1.165) is 11.3 Å². The molecule has 1 rings (SSSR count). The summed E-state index contributed by atoms with van der Waals surface area (Å²) in [7, 11) is 0. The van der Waals surface area contributed by atoms with Crippen molar-refractivity contribution < 1.29 is 0 Å². The summed E-state index contributed by atoms with van der Waals surface area (Å²) >= 11 is 4.04. The lowest BCUT2D eigenvalue weighted by Gasteiger charge is -2.15. The molecule has 0 aromatic heterocycles. The smallest absolute Gasteiger partial charge is 0.0191 e. The Morgan fingerprint density at radius 1 is 1.58 bits per heavy atom. The average molecular weight is 205 g/mol. The van der Waals surface area contributed by atoms with E-state index in [-0.39, 0.29) is 0 Å². The molecule has 1 N–H and O–H groups in total. The van der Waals surface area contributed by atoms with Crippen molar-refractivity contribution in [1.82, 2.24) is 5.32 Å². The van der Waals surface area contributed by atoms with Gasteiger partial charge in [0.15, 0.2) is 0 Å². The van der Waals surface area contributed by atoms with Gasteiger partial charge in [0.05, 0.1) is 0 Å². The van der Waals surface area contributed by atoms with E-state index in [2.05, 4.69) is 30.3 Å². The number of hydrogen-bond donors (Lipinski definition) is 1. The highest BCUT2D eigenvalue weighted by molar-refractivity contribution is 8.00. The first kappa shape index (κ1) is 10.7. The predicted octanol–water partition coefficient (Wildman–Crippen LogP) is 2.22. The second-order valence-electron chi connectivity index (χ2n) is 3.27. The van der Waals surface area contributed by atoms with Crippen LogP contribution < -0.4 is 5.32 Å². The van der Waals surface area contributed by atoms with E-state index in [1.807, 2.05) is 11.8 Å². The summed E-state index contributed by atoms with van der Waals surface area (Å²) in [4.78, 5) is 0. The van der Waals surface area contributed by atoms with Crippen molar-refractivity contribution in [2.45, 2.75) is 31.1 Å². The van der Waals surface area contributed by atoms with Crippen molar-refractivity contribution >= 4 is 23.5 Å². The summed E-state index contributed by atoms with van der Waals surface area (Å²) in [6.07, 6.45) is 4.86. The van der Waals surface area contributed by atoms with Crippen LogP contribution in [-0.4, -0.2) is 35.6 Å². The minimum Gasteiger partial charge on any atom is -0.313 e. The maximum atomic E-state index is 3.63. The summed E-state index contributed by atoms with van der Waals surface area (Å²) < 4.78 is 0. The maximum Gasteiger partial charge on any atom is 0.0191 e. The standard InChI is InChI=1S/C9H19NS2/c1-8-9(4-7-12-8)10-5-3-6-11-2/h8-10H,3-7H2,1-2H3. The van der Waals surface area contributed by atoms with E-state index in [9.17, 15) is 0 Å². The van der Waals surface area contributed by atoms with Crippen LogP contribution >= 0.6 is 23.5 Å². The van der Waals surface area contributed by atoms with Gasteiger partial charge in [0, 0.05) is 11.3 Å². The van der Waals surface area contributed by atoms with Crippen LogP contribution in [0, 0.1) is 0 Å². The molecule has 1 fully saturated rings. The van der Waals surface area contributed by atoms with Gasteiger partial charge in [-0.05, 0) is 37.1 Å². The molecule has 1 heterocycles. The van der Waals surface area contributed by atoms with E-state index in [0.29, 0.717) is 0 Å². The molecule has 0 aromatic rings. The Balaban J connectivity index is 1.98. The molecule has 1 saturated heterocycles. The normalized spacial score (nSPS) is 29.5. The number of thioether (sulfide) groups is 2. The zero-order valence-electron chi connectivity index (χ0n) is 8.01. The molecule has 0 amide bonds. The monoisotopic (exact) mass is 205 g/mol. The van der Waals surface area contributed by atoms with Crippen LogP contribution in [0.25, 0.3) is 0 Å². The van der Waals surface area contributed by atoms with E-state index >= 15 is 0 Å². The van der Waals surface area contributed by atoms with Crippen molar-refractivity contribution in [3.8, 4) is 0 Å². The van der Waals surface area contributed by atoms with Gasteiger partial charge in [0.2, 0.25) is 0 Å². The molecule has 12 heavy (non-hydrogen) atoms. The Bertz CT molecular complexity index is 119. The molecule has 3 heteroatoms. The second-order valence-corrected chi connectivity index (χ2v) is 5.74. The lowest BCUT2D eigenvalue weighted by molar-refractivity contribution is 0.514. The summed E-state index contributed by atoms with van der Waals surface area (Å²) in [5.74, 6) is 2.64. The molecule has 0 bridgehead atoms. The Labute approximate surface area is 84.4 Å². The molecule has 1 aliphatic rings. The number of rotatable bonds is 5. The van der Waals surface area contributed by atoms with Crippen LogP contribution in [0.2, 0.25) is 0 Å². The second kappa shape index (κ2) is 6.17. The van der Waals surface area contributed by atoms with Gasteiger partial charge in [-0.15, -0.1) is 0 Å². The molecule has 0 spiro atoms. The molecule has 72 valence electrons. The fourth-order valence-corrected chi connectivity index (χ4v) is 3.16. The minimum absolute atomic E-state index is 0.789. The summed E-state index contributed by atoms with van der Waals surface area (Å²) in [5.41, 5.74) is 0. The van der Waals surface area contributed by atoms with Gasteiger partial charge in [0.25, 0.3) is 0 Å². The van der Waals surface area contributed by atoms with Crippen LogP contribution in [0.3, 0.4) is 0 Å². The zero-order valence-corrected chi connectivity index (χ0v) is 9.64. The van der Waals surface area contributed by atoms with Gasteiger partial charge in [-0.3, -0.25) is 0 Å². The van der Waals surface area contributed by atoms with Gasteiger partial charge in [0.1, 0.15) is 0 Å². The predicted molar refractivity (Wildman–Crippen MR) is 61.3 cm³/mol. The molecular weight excluding hydrogens is 186 g/mol. The molecule has 0 saturated carbocycles. The van der Waals surface area contributed by atoms with Crippen molar-refractivity contribution in [3.63, 3.8) is 0 Å². The van der Waals surface area contributed by atoms with Crippen LogP contribution in [0.4, 0.5) is 0 Å². The fourth-order valence-electron chi connectivity index (χ4n) is 1.50. The number of hydrogen-bond acceptors (Lipinski definition) is 3. The van der Waals surface area contributed by atoms with Crippen LogP contribution in [0.1, 0.15) is 19.8 Å². The molecule has 2 atom stereocenters. The van der Waals surface area contributed by atoms with Gasteiger partial charge in [-0.1, -0.05) is 6.92 Å². The van der Waals surface area contributed by atoms with Crippen molar-refractivity contribution in [1.29, 1.82) is 0 Å². The highest BCUT2D eigenvalue weighted by Crippen LogP contribution is 2.25. The Morgan fingerprint density at radius 3 is 3.00 bits per heavy atom. The SMILES string of the molecule is CSCCCNC1CCSC1C. The zero-order chi connectivity index (χ0) is 8.81. The van der Waals surface area contributed by atoms with E-state index in [1.54, 1.807) is 0 Å². The first-order chi connectivity index (χ1) is 5.84.